The summed E-state index contributed by atoms with van der Waals surface area (Å²) in [7, 11) is -1.82. The summed E-state index contributed by atoms with van der Waals surface area (Å²) >= 11 is 1.53. The molecule has 3 heterocycles. The number of nitrogens with one attached hydrogen (secondary N) is 1. The summed E-state index contributed by atoms with van der Waals surface area (Å²) in [6.45, 7) is 6.78. The maximum Gasteiger partial charge on any atom is 0.262 e. The molecule has 1 atom stereocenters. The smallest absolute Gasteiger partial charge is 0.262 e. The molecule has 2 aromatic heterocycles. The van der Waals surface area contributed by atoms with Gasteiger partial charge in [0.25, 0.3) is 10.0 Å². The largest absolute Gasteiger partial charge is 0.350 e. The van der Waals surface area contributed by atoms with E-state index in [4.69, 9.17) is 0 Å². The molecule has 0 radical (unpaired) electrons. The summed E-state index contributed by atoms with van der Waals surface area (Å²) in [5, 5.41) is 5.82. The minimum Gasteiger partial charge on any atom is -0.350 e. The molecule has 1 aliphatic heterocycles. The van der Waals surface area contributed by atoms with Crippen LogP contribution in [-0.2, 0) is 28.4 Å². The number of rotatable bonds is 6. The van der Waals surface area contributed by atoms with Crippen molar-refractivity contribution in [3.05, 3.63) is 28.1 Å². The first-order valence-electron chi connectivity index (χ1n) is 9.40. The lowest BCUT2D eigenvalue weighted by Crippen LogP contribution is -2.39. The minimum atomic E-state index is -3.61. The van der Waals surface area contributed by atoms with Crippen molar-refractivity contribution < 1.29 is 13.2 Å². The number of hydrogen-bond donors (Lipinski definition) is 1. The number of carbonyl (C=O) groups is 1. The zero-order chi connectivity index (χ0) is 20.5. The molecule has 1 N–H and O–H groups in total. The Morgan fingerprint density at radius 2 is 2.14 bits per heavy atom. The highest BCUT2D eigenvalue weighted by atomic mass is 32.2. The molecule has 1 fully saturated rings. The molecule has 0 aromatic carbocycles. The first-order chi connectivity index (χ1) is 13.2. The Morgan fingerprint density at radius 3 is 2.79 bits per heavy atom. The van der Waals surface area contributed by atoms with Crippen LogP contribution in [0.4, 0.5) is 0 Å². The standard InChI is InChI=1S/C18H27N5O3S2/c1-12(2)17(24)19-8-15-11-27-18(21-15)14-6-5-7-23(9-14)28(25,26)16-10-22(4)13(3)20-16/h10-12,14H,5-9H2,1-4H3,(H,19,24)/t14-/m0/s1. The molecule has 10 heteroatoms. The van der Waals surface area contributed by atoms with Crippen molar-refractivity contribution in [1.82, 2.24) is 24.2 Å². The quantitative estimate of drug-likeness (QED) is 0.764. The number of amides is 1. The average molecular weight is 426 g/mol. The van der Waals surface area contributed by atoms with Crippen molar-refractivity contribution in [2.24, 2.45) is 13.0 Å². The van der Waals surface area contributed by atoms with Crippen LogP contribution in [0.25, 0.3) is 0 Å². The number of sulfonamides is 1. The van der Waals surface area contributed by atoms with Gasteiger partial charge < -0.3 is 9.88 Å². The van der Waals surface area contributed by atoms with Crippen molar-refractivity contribution in [2.45, 2.75) is 51.1 Å². The van der Waals surface area contributed by atoms with E-state index in [0.29, 0.717) is 25.5 Å². The lowest BCUT2D eigenvalue weighted by atomic mass is 10.0. The lowest BCUT2D eigenvalue weighted by Gasteiger charge is -2.30. The van der Waals surface area contributed by atoms with Crippen LogP contribution in [0.5, 0.6) is 0 Å². The molecule has 2 aromatic rings. The molecule has 154 valence electrons. The number of thiazole rings is 1. The Labute approximate surface area is 170 Å². The number of aryl methyl sites for hydroxylation is 2. The molecule has 1 amide bonds. The topological polar surface area (TPSA) is 97.2 Å². The fraction of sp³-hybridized carbons (Fsp3) is 0.611. The van der Waals surface area contributed by atoms with Crippen LogP contribution in [0, 0.1) is 12.8 Å². The Bertz CT molecular complexity index is 929. The van der Waals surface area contributed by atoms with E-state index in [9.17, 15) is 13.2 Å². The van der Waals surface area contributed by atoms with Crippen molar-refractivity contribution in [1.29, 1.82) is 0 Å². The fourth-order valence-corrected chi connectivity index (χ4v) is 5.61. The van der Waals surface area contributed by atoms with Crippen LogP contribution in [-0.4, -0.2) is 46.3 Å². The molecule has 0 unspecified atom stereocenters. The van der Waals surface area contributed by atoms with Crippen molar-refractivity contribution in [2.75, 3.05) is 13.1 Å². The van der Waals surface area contributed by atoms with Gasteiger partial charge in [0.15, 0.2) is 5.03 Å². The summed E-state index contributed by atoms with van der Waals surface area (Å²) in [4.78, 5) is 20.6. The van der Waals surface area contributed by atoms with E-state index in [1.54, 1.807) is 24.7 Å². The van der Waals surface area contributed by atoms with Crippen molar-refractivity contribution >= 4 is 27.3 Å². The van der Waals surface area contributed by atoms with Crippen LogP contribution in [0.2, 0.25) is 0 Å². The Hall–Kier alpha value is -1.78. The highest BCUT2D eigenvalue weighted by Gasteiger charge is 2.33. The van der Waals surface area contributed by atoms with Gasteiger partial charge in [-0.1, -0.05) is 13.8 Å². The van der Waals surface area contributed by atoms with E-state index in [0.717, 1.165) is 23.5 Å². The SMILES string of the molecule is Cc1nc(S(=O)(=O)N2CCC[C@H](c3nc(CNC(=O)C(C)C)cs3)C2)cn1C. The molecule has 0 aliphatic carbocycles. The van der Waals surface area contributed by atoms with Gasteiger partial charge in [-0.25, -0.2) is 18.4 Å². The number of aromatic nitrogens is 3. The van der Waals surface area contributed by atoms with Crippen LogP contribution in [0.1, 0.15) is 49.1 Å². The zero-order valence-electron chi connectivity index (χ0n) is 16.7. The Kier molecular flexibility index (Phi) is 6.21. The van der Waals surface area contributed by atoms with Gasteiger partial charge in [-0.05, 0) is 19.8 Å². The maximum atomic E-state index is 13.0. The maximum absolute atomic E-state index is 13.0. The van der Waals surface area contributed by atoms with Crippen molar-refractivity contribution in [3.8, 4) is 0 Å². The second-order valence-corrected chi connectivity index (χ2v) is 10.3. The van der Waals surface area contributed by atoms with Crippen molar-refractivity contribution in [3.63, 3.8) is 0 Å². The summed E-state index contributed by atoms with van der Waals surface area (Å²) in [6.07, 6.45) is 3.25. The van der Waals surface area contributed by atoms with E-state index in [-0.39, 0.29) is 22.8 Å². The van der Waals surface area contributed by atoms with Crippen LogP contribution < -0.4 is 5.32 Å². The number of hydrogen-bond acceptors (Lipinski definition) is 6. The van der Waals surface area contributed by atoms with Crippen LogP contribution in [0.3, 0.4) is 0 Å². The van der Waals surface area contributed by atoms with Gasteiger partial charge in [0, 0.05) is 43.5 Å². The molecule has 0 bridgehead atoms. The second kappa shape index (κ2) is 8.30. The fourth-order valence-electron chi connectivity index (χ4n) is 3.12. The first kappa shape index (κ1) is 20.9. The monoisotopic (exact) mass is 425 g/mol. The molecular weight excluding hydrogens is 398 g/mol. The Balaban J connectivity index is 1.69. The normalized spacial score (nSPS) is 18.5. The molecule has 0 spiro atoms. The number of nitrogens with zero attached hydrogens (tertiary/aromatic N) is 4. The summed E-state index contributed by atoms with van der Waals surface area (Å²) in [6, 6.07) is 0. The summed E-state index contributed by atoms with van der Waals surface area (Å²) in [5.74, 6) is 0.661. The van der Waals surface area contributed by atoms with Gasteiger partial charge in [-0.3, -0.25) is 4.79 Å². The number of imidazole rings is 1. The van der Waals surface area contributed by atoms with E-state index in [2.05, 4.69) is 15.3 Å². The third-order valence-corrected chi connectivity index (χ3v) is 7.75. The van der Waals surface area contributed by atoms with Crippen LogP contribution in [0.15, 0.2) is 16.6 Å². The predicted molar refractivity (Wildman–Crippen MR) is 107 cm³/mol. The van der Waals surface area contributed by atoms with Crippen LogP contribution >= 0.6 is 11.3 Å². The lowest BCUT2D eigenvalue weighted by molar-refractivity contribution is -0.124. The molecule has 3 rings (SSSR count). The molecule has 28 heavy (non-hydrogen) atoms. The first-order valence-corrected chi connectivity index (χ1v) is 11.7. The highest BCUT2D eigenvalue weighted by Crippen LogP contribution is 2.31. The van der Waals surface area contributed by atoms with Gasteiger partial charge >= 0.3 is 0 Å². The van der Waals surface area contributed by atoms with Gasteiger partial charge in [-0.15, -0.1) is 11.3 Å². The molecule has 0 saturated carbocycles. The molecule has 8 nitrogen and oxygen atoms in total. The van der Waals surface area contributed by atoms with E-state index >= 15 is 0 Å². The minimum absolute atomic E-state index is 0.00450. The zero-order valence-corrected chi connectivity index (χ0v) is 18.3. The molecule has 1 saturated heterocycles. The summed E-state index contributed by atoms with van der Waals surface area (Å²) < 4.78 is 29.2. The predicted octanol–water partition coefficient (Wildman–Crippen LogP) is 2.03. The van der Waals surface area contributed by atoms with Gasteiger partial charge in [0.1, 0.15) is 5.82 Å². The number of piperidine rings is 1. The summed E-state index contributed by atoms with van der Waals surface area (Å²) in [5.41, 5.74) is 0.814. The van der Waals surface area contributed by atoms with E-state index in [1.165, 1.54) is 15.6 Å². The molecule has 1 aliphatic rings. The second-order valence-electron chi connectivity index (χ2n) is 7.49. The average Bonchev–Trinajstić information content (AvgIpc) is 3.27. The molecular formula is C18H27N5O3S2. The van der Waals surface area contributed by atoms with Gasteiger partial charge in [-0.2, -0.15) is 4.31 Å². The third kappa shape index (κ3) is 4.44. The number of carbonyl (C=O) groups excluding carboxylic acids is 1. The highest BCUT2D eigenvalue weighted by molar-refractivity contribution is 7.89. The third-order valence-electron chi connectivity index (χ3n) is 4.96. The van der Waals surface area contributed by atoms with E-state index < -0.39 is 10.0 Å². The van der Waals surface area contributed by atoms with E-state index in [1.807, 2.05) is 19.2 Å². The Morgan fingerprint density at radius 1 is 1.39 bits per heavy atom. The van der Waals surface area contributed by atoms with Gasteiger partial charge in [0.2, 0.25) is 5.91 Å². The van der Waals surface area contributed by atoms with Gasteiger partial charge in [0.05, 0.1) is 17.2 Å².